The van der Waals surface area contributed by atoms with E-state index in [1.54, 1.807) is 0 Å². The van der Waals surface area contributed by atoms with Crippen LogP contribution in [-0.2, 0) is 20.9 Å². The lowest BCUT2D eigenvalue weighted by Crippen LogP contribution is -2.33. The van der Waals surface area contributed by atoms with E-state index in [9.17, 15) is 14.0 Å². The van der Waals surface area contributed by atoms with Gasteiger partial charge in [0.1, 0.15) is 18.2 Å². The fourth-order valence-electron chi connectivity index (χ4n) is 4.23. The molecular weight excluding hydrogens is 453 g/mol. The third kappa shape index (κ3) is 4.19. The summed E-state index contributed by atoms with van der Waals surface area (Å²) < 4.78 is 24.2. The number of aryl methyl sites for hydroxylation is 1. The molecule has 0 radical (unpaired) electrons. The number of esters is 1. The van der Waals surface area contributed by atoms with Crippen LogP contribution in [0, 0.1) is 12.7 Å². The Morgan fingerprint density at radius 3 is 2.78 bits per heavy atom. The van der Waals surface area contributed by atoms with Crippen molar-refractivity contribution in [3.8, 4) is 5.75 Å². The van der Waals surface area contributed by atoms with Gasteiger partial charge in [-0.2, -0.15) is 0 Å². The zero-order valence-corrected chi connectivity index (χ0v) is 19.6. The van der Waals surface area contributed by atoms with Gasteiger partial charge in [-0.15, -0.1) is 11.3 Å². The molecule has 168 valence electrons. The van der Waals surface area contributed by atoms with Gasteiger partial charge in [0, 0.05) is 38.7 Å². The molecule has 0 bridgehead atoms. The number of benzene rings is 1. The summed E-state index contributed by atoms with van der Waals surface area (Å²) in [6.07, 6.45) is 2.03. The lowest BCUT2D eigenvalue weighted by molar-refractivity contribution is -0.136. The van der Waals surface area contributed by atoms with Gasteiger partial charge in [0.25, 0.3) is 0 Å². The van der Waals surface area contributed by atoms with E-state index in [-0.39, 0.29) is 17.4 Å². The summed E-state index contributed by atoms with van der Waals surface area (Å²) in [5, 5.41) is 3.46. The van der Waals surface area contributed by atoms with Crippen LogP contribution < -0.4 is 10.1 Å². The van der Waals surface area contributed by atoms with Crippen LogP contribution in [0.4, 0.5) is 4.39 Å². The Morgan fingerprint density at radius 2 is 2.06 bits per heavy atom. The predicted octanol–water partition coefficient (Wildman–Crippen LogP) is 5.57. The molecule has 2 aliphatic rings. The molecule has 0 saturated carbocycles. The van der Waals surface area contributed by atoms with Gasteiger partial charge < -0.3 is 14.8 Å². The first kappa shape index (κ1) is 22.6. The van der Waals surface area contributed by atoms with Gasteiger partial charge in [0.15, 0.2) is 5.78 Å². The Balaban J connectivity index is 1.70. The van der Waals surface area contributed by atoms with Crippen LogP contribution in [0.1, 0.15) is 47.4 Å². The highest BCUT2D eigenvalue weighted by Gasteiger charge is 2.39. The average Bonchev–Trinajstić information content (AvgIpc) is 3.12. The number of ketones is 1. The monoisotopic (exact) mass is 475 g/mol. The van der Waals surface area contributed by atoms with E-state index in [4.69, 9.17) is 21.1 Å². The fourth-order valence-corrected chi connectivity index (χ4v) is 5.61. The number of hydrogen-bond donors (Lipinski definition) is 1. The van der Waals surface area contributed by atoms with Gasteiger partial charge in [0.05, 0.1) is 23.6 Å². The van der Waals surface area contributed by atoms with E-state index >= 15 is 0 Å². The fraction of sp³-hybridized carbons (Fsp3) is 0.333. The number of allylic oxidation sites excluding steroid dienone is 3. The summed E-state index contributed by atoms with van der Waals surface area (Å²) in [5.74, 6) is -0.911. The molecule has 1 aliphatic heterocycles. The van der Waals surface area contributed by atoms with Crippen molar-refractivity contribution in [1.82, 2.24) is 5.32 Å². The number of dihydropyridines is 1. The quantitative estimate of drug-likeness (QED) is 0.573. The highest BCUT2D eigenvalue weighted by atomic mass is 35.5. The Kier molecular flexibility index (Phi) is 6.40. The zero-order valence-electron chi connectivity index (χ0n) is 18.0. The summed E-state index contributed by atoms with van der Waals surface area (Å²) in [6, 6.07) is 5.96. The van der Waals surface area contributed by atoms with Crippen molar-refractivity contribution in [3.05, 3.63) is 73.0 Å². The minimum absolute atomic E-state index is 0.0552. The topological polar surface area (TPSA) is 64.6 Å². The van der Waals surface area contributed by atoms with Crippen molar-refractivity contribution in [2.24, 2.45) is 0 Å². The van der Waals surface area contributed by atoms with E-state index in [2.05, 4.69) is 5.32 Å². The van der Waals surface area contributed by atoms with Crippen molar-refractivity contribution in [3.63, 3.8) is 0 Å². The first-order valence-electron chi connectivity index (χ1n) is 10.3. The smallest absolute Gasteiger partial charge is 0.336 e. The van der Waals surface area contributed by atoms with Crippen LogP contribution in [0.3, 0.4) is 0 Å². The highest BCUT2D eigenvalue weighted by Crippen LogP contribution is 2.45. The van der Waals surface area contributed by atoms with Gasteiger partial charge in [-0.05, 0) is 51.0 Å². The van der Waals surface area contributed by atoms with E-state index in [1.807, 2.05) is 19.9 Å². The summed E-state index contributed by atoms with van der Waals surface area (Å²) >= 11 is 7.60. The van der Waals surface area contributed by atoms with Crippen LogP contribution in [0.2, 0.25) is 5.02 Å². The number of Topliss-reactive ketones (excluding diaryl/α,β-unsaturated/α-hetero) is 1. The summed E-state index contributed by atoms with van der Waals surface area (Å²) in [5.41, 5.74) is 3.61. The predicted molar refractivity (Wildman–Crippen MR) is 121 cm³/mol. The Hall–Kier alpha value is -2.64. The normalized spacial score (nSPS) is 18.4. The van der Waals surface area contributed by atoms with Crippen LogP contribution in [-0.4, -0.2) is 18.9 Å². The molecule has 5 nitrogen and oxygen atoms in total. The average molecular weight is 476 g/mol. The Labute approximate surface area is 194 Å². The molecule has 1 aromatic heterocycles. The second-order valence-corrected chi connectivity index (χ2v) is 9.55. The molecule has 4 rings (SSSR count). The number of carbonyl (C=O) groups excluding carboxylic acids is 2. The number of methoxy groups -OCH3 is 1. The maximum Gasteiger partial charge on any atom is 0.336 e. The standard InChI is InChI=1S/C24H23ClFNO4S/c1-12-21(24(29)30-3)23(22-17(27-12)5-4-6-18(22)28)20-9-14(13(2)32-20)11-31-19-8-7-15(26)10-16(19)25/h7-10,23,27H,4-6,11H2,1-3H3. The number of hydrogen-bond acceptors (Lipinski definition) is 6. The molecule has 1 unspecified atom stereocenters. The lowest BCUT2D eigenvalue weighted by atomic mass is 9.78. The third-order valence-electron chi connectivity index (χ3n) is 5.78. The molecule has 0 saturated heterocycles. The van der Waals surface area contributed by atoms with Crippen LogP contribution in [0.25, 0.3) is 0 Å². The second kappa shape index (κ2) is 9.08. The van der Waals surface area contributed by atoms with E-state index in [0.717, 1.165) is 33.9 Å². The summed E-state index contributed by atoms with van der Waals surface area (Å²) in [4.78, 5) is 27.5. The van der Waals surface area contributed by atoms with Crippen molar-refractivity contribution in [2.45, 2.75) is 45.6 Å². The Morgan fingerprint density at radius 1 is 1.28 bits per heavy atom. The maximum absolute atomic E-state index is 13.3. The lowest BCUT2D eigenvalue weighted by Gasteiger charge is -2.33. The molecule has 1 aromatic carbocycles. The molecule has 1 aliphatic carbocycles. The van der Waals surface area contributed by atoms with Gasteiger partial charge in [-0.1, -0.05) is 11.6 Å². The number of thiophene rings is 1. The number of carbonyl (C=O) groups is 2. The molecule has 8 heteroatoms. The molecular formula is C24H23ClFNO4S. The van der Waals surface area contributed by atoms with Crippen LogP contribution in [0.5, 0.6) is 5.75 Å². The summed E-state index contributed by atoms with van der Waals surface area (Å²) in [7, 11) is 1.34. The van der Waals surface area contributed by atoms with Crippen LogP contribution >= 0.6 is 22.9 Å². The number of rotatable bonds is 5. The van der Waals surface area contributed by atoms with Gasteiger partial charge in [0.2, 0.25) is 0 Å². The van der Waals surface area contributed by atoms with Gasteiger partial charge in [-0.3, -0.25) is 4.79 Å². The van der Waals surface area contributed by atoms with Crippen LogP contribution in [0.15, 0.2) is 46.8 Å². The molecule has 2 heterocycles. The molecule has 2 aromatic rings. The number of ether oxygens (including phenoxy) is 2. The summed E-state index contributed by atoms with van der Waals surface area (Å²) in [6.45, 7) is 4.03. The van der Waals surface area contributed by atoms with Crippen molar-refractivity contribution >= 4 is 34.7 Å². The molecule has 1 N–H and O–H groups in total. The number of halogens is 2. The third-order valence-corrected chi connectivity index (χ3v) is 7.24. The van der Waals surface area contributed by atoms with E-state index in [1.165, 1.54) is 36.6 Å². The number of nitrogens with one attached hydrogen (secondary N) is 1. The van der Waals surface area contributed by atoms with E-state index < -0.39 is 17.7 Å². The first-order valence-corrected chi connectivity index (χ1v) is 11.5. The minimum Gasteiger partial charge on any atom is -0.487 e. The Bertz CT molecular complexity index is 1170. The molecule has 1 atom stereocenters. The zero-order chi connectivity index (χ0) is 23.0. The van der Waals surface area contributed by atoms with Gasteiger partial charge >= 0.3 is 5.97 Å². The SMILES string of the molecule is COC(=O)C1=C(C)NC2=C(C(=O)CCC2)C1c1cc(COc2ccc(F)cc2Cl)c(C)s1. The molecule has 0 amide bonds. The van der Waals surface area contributed by atoms with Crippen molar-refractivity contribution < 1.29 is 23.5 Å². The highest BCUT2D eigenvalue weighted by molar-refractivity contribution is 7.12. The molecule has 32 heavy (non-hydrogen) atoms. The van der Waals surface area contributed by atoms with E-state index in [0.29, 0.717) is 29.0 Å². The largest absolute Gasteiger partial charge is 0.487 e. The minimum atomic E-state index is -0.474. The second-order valence-electron chi connectivity index (χ2n) is 7.85. The van der Waals surface area contributed by atoms with Crippen molar-refractivity contribution in [1.29, 1.82) is 0 Å². The first-order chi connectivity index (χ1) is 15.3. The van der Waals surface area contributed by atoms with Crippen molar-refractivity contribution in [2.75, 3.05) is 7.11 Å². The molecule has 0 spiro atoms. The van der Waals surface area contributed by atoms with Gasteiger partial charge in [-0.25, -0.2) is 9.18 Å². The maximum atomic E-state index is 13.3. The molecule has 0 fully saturated rings.